The van der Waals surface area contributed by atoms with Crippen LogP contribution < -0.4 is 4.74 Å². The van der Waals surface area contributed by atoms with Crippen molar-refractivity contribution >= 4 is 0 Å². The van der Waals surface area contributed by atoms with E-state index in [1.165, 1.54) is 23.3 Å². The second kappa shape index (κ2) is 9.90. The van der Waals surface area contributed by atoms with Crippen LogP contribution in [0.25, 0.3) is 0 Å². The molecule has 1 unspecified atom stereocenters. The first-order valence-electron chi connectivity index (χ1n) is 10.6. The van der Waals surface area contributed by atoms with Crippen LogP contribution in [0.5, 0.6) is 11.5 Å². The molecule has 0 radical (unpaired) electrons. The summed E-state index contributed by atoms with van der Waals surface area (Å²) in [5.41, 5.74) is 3.68. The first-order valence-corrected chi connectivity index (χ1v) is 10.6. The normalized spacial score (nSPS) is 13.3. The molecular weight excluding hydrogens is 375 g/mol. The summed E-state index contributed by atoms with van der Waals surface area (Å²) in [4.78, 5) is 0. The van der Waals surface area contributed by atoms with Gasteiger partial charge in [0.1, 0.15) is 17.3 Å². The number of halogens is 1. The third kappa shape index (κ3) is 5.70. The van der Waals surface area contributed by atoms with Gasteiger partial charge in [0.2, 0.25) is 0 Å². The van der Waals surface area contributed by atoms with Gasteiger partial charge in [0.15, 0.2) is 0 Å². The standard InChI is InChI=1S/C27H31FO2/c1-5-27(4,23-11-9-22(10-12-23)20(2)3)19-29-18-21-7-6-8-26(17-21)30-25-15-13-24(28)14-16-25/h6-17,20H,5,18-19H2,1-4H3. The van der Waals surface area contributed by atoms with Crippen LogP contribution in [0, 0.1) is 5.82 Å². The number of hydrogen-bond donors (Lipinski definition) is 0. The van der Waals surface area contributed by atoms with Crippen LogP contribution in [0.15, 0.2) is 72.8 Å². The maximum absolute atomic E-state index is 13.1. The van der Waals surface area contributed by atoms with E-state index in [0.717, 1.165) is 12.0 Å². The number of hydrogen-bond acceptors (Lipinski definition) is 2. The Bertz CT molecular complexity index is 932. The predicted octanol–water partition coefficient (Wildman–Crippen LogP) is 7.63. The summed E-state index contributed by atoms with van der Waals surface area (Å²) in [7, 11) is 0. The fraction of sp³-hybridized carbons (Fsp3) is 0.333. The molecule has 0 heterocycles. The van der Waals surface area contributed by atoms with Gasteiger partial charge in [-0.2, -0.15) is 0 Å². The van der Waals surface area contributed by atoms with Gasteiger partial charge >= 0.3 is 0 Å². The Morgan fingerprint density at radius 1 is 0.900 bits per heavy atom. The number of ether oxygens (including phenoxy) is 2. The molecule has 0 spiro atoms. The minimum atomic E-state index is -0.276. The highest BCUT2D eigenvalue weighted by molar-refractivity contribution is 5.34. The molecular formula is C27H31FO2. The topological polar surface area (TPSA) is 18.5 Å². The Kier molecular flexibility index (Phi) is 7.28. The summed E-state index contributed by atoms with van der Waals surface area (Å²) >= 11 is 0. The molecule has 0 aromatic heterocycles. The SMILES string of the molecule is CCC(C)(COCc1cccc(Oc2ccc(F)cc2)c1)c1ccc(C(C)C)cc1. The van der Waals surface area contributed by atoms with Gasteiger partial charge in [0, 0.05) is 5.41 Å². The molecule has 0 saturated carbocycles. The lowest BCUT2D eigenvalue weighted by Gasteiger charge is -2.29. The van der Waals surface area contributed by atoms with Crippen LogP contribution in [-0.4, -0.2) is 6.61 Å². The fourth-order valence-electron chi connectivity index (χ4n) is 3.39. The van der Waals surface area contributed by atoms with Crippen LogP contribution in [0.4, 0.5) is 4.39 Å². The lowest BCUT2D eigenvalue weighted by atomic mass is 9.80. The van der Waals surface area contributed by atoms with Gasteiger partial charge < -0.3 is 9.47 Å². The van der Waals surface area contributed by atoms with Crippen LogP contribution in [0.1, 0.15) is 56.7 Å². The second-order valence-corrected chi connectivity index (χ2v) is 8.39. The zero-order chi connectivity index (χ0) is 21.6. The van der Waals surface area contributed by atoms with E-state index in [9.17, 15) is 4.39 Å². The molecule has 0 aliphatic carbocycles. The van der Waals surface area contributed by atoms with Crippen molar-refractivity contribution in [3.63, 3.8) is 0 Å². The maximum atomic E-state index is 13.1. The average molecular weight is 407 g/mol. The molecule has 158 valence electrons. The molecule has 30 heavy (non-hydrogen) atoms. The molecule has 0 saturated heterocycles. The molecule has 3 rings (SSSR count). The molecule has 0 aliphatic heterocycles. The van der Waals surface area contributed by atoms with Crippen molar-refractivity contribution in [2.24, 2.45) is 0 Å². The molecule has 0 fully saturated rings. The van der Waals surface area contributed by atoms with E-state index in [2.05, 4.69) is 52.0 Å². The Labute approximate surface area is 179 Å². The molecule has 0 amide bonds. The smallest absolute Gasteiger partial charge is 0.127 e. The molecule has 1 atom stereocenters. The van der Waals surface area contributed by atoms with Crippen molar-refractivity contribution in [2.75, 3.05) is 6.61 Å². The molecule has 0 bridgehead atoms. The molecule has 0 N–H and O–H groups in total. The minimum Gasteiger partial charge on any atom is -0.457 e. The molecule has 0 aliphatic rings. The second-order valence-electron chi connectivity index (χ2n) is 8.39. The molecule has 3 aromatic carbocycles. The van der Waals surface area contributed by atoms with Gasteiger partial charge in [-0.15, -0.1) is 0 Å². The lowest BCUT2D eigenvalue weighted by molar-refractivity contribution is 0.0747. The average Bonchev–Trinajstić information content (AvgIpc) is 2.75. The van der Waals surface area contributed by atoms with Gasteiger partial charge in [0.25, 0.3) is 0 Å². The Hall–Kier alpha value is -2.65. The first-order chi connectivity index (χ1) is 14.4. The van der Waals surface area contributed by atoms with Gasteiger partial charge in [-0.05, 0) is 65.4 Å². The highest BCUT2D eigenvalue weighted by atomic mass is 19.1. The van der Waals surface area contributed by atoms with Gasteiger partial charge in [-0.1, -0.05) is 64.1 Å². The fourth-order valence-corrected chi connectivity index (χ4v) is 3.39. The van der Waals surface area contributed by atoms with Crippen LogP contribution in [0.3, 0.4) is 0 Å². The van der Waals surface area contributed by atoms with E-state index in [1.54, 1.807) is 12.1 Å². The van der Waals surface area contributed by atoms with E-state index in [1.807, 2.05) is 24.3 Å². The summed E-state index contributed by atoms with van der Waals surface area (Å²) < 4.78 is 25.0. The first kappa shape index (κ1) is 22.0. The quantitative estimate of drug-likeness (QED) is 0.364. The summed E-state index contributed by atoms with van der Waals surface area (Å²) in [6, 6.07) is 22.8. The zero-order valence-electron chi connectivity index (χ0n) is 18.3. The number of benzene rings is 3. The van der Waals surface area contributed by atoms with Gasteiger partial charge in [-0.25, -0.2) is 4.39 Å². The number of rotatable bonds is 9. The van der Waals surface area contributed by atoms with Crippen LogP contribution in [-0.2, 0) is 16.8 Å². The van der Waals surface area contributed by atoms with Crippen molar-refractivity contribution in [1.82, 2.24) is 0 Å². The van der Waals surface area contributed by atoms with E-state index in [0.29, 0.717) is 30.6 Å². The zero-order valence-corrected chi connectivity index (χ0v) is 18.3. The molecule has 3 heteroatoms. The van der Waals surface area contributed by atoms with Crippen molar-refractivity contribution in [2.45, 2.75) is 52.1 Å². The maximum Gasteiger partial charge on any atom is 0.127 e. The van der Waals surface area contributed by atoms with Crippen molar-refractivity contribution in [3.05, 3.63) is 95.3 Å². The van der Waals surface area contributed by atoms with E-state index in [-0.39, 0.29) is 11.2 Å². The summed E-state index contributed by atoms with van der Waals surface area (Å²) in [6.07, 6.45) is 1.00. The monoisotopic (exact) mass is 406 g/mol. The molecule has 3 aromatic rings. The van der Waals surface area contributed by atoms with E-state index >= 15 is 0 Å². The van der Waals surface area contributed by atoms with Crippen molar-refractivity contribution < 1.29 is 13.9 Å². The summed E-state index contributed by atoms with van der Waals surface area (Å²) in [5, 5.41) is 0. The van der Waals surface area contributed by atoms with Crippen LogP contribution in [0.2, 0.25) is 0 Å². The highest BCUT2D eigenvalue weighted by Crippen LogP contribution is 2.30. The van der Waals surface area contributed by atoms with E-state index < -0.39 is 0 Å². The molecule has 2 nitrogen and oxygen atoms in total. The summed E-state index contributed by atoms with van der Waals surface area (Å²) in [6.45, 7) is 10.0. The van der Waals surface area contributed by atoms with Crippen molar-refractivity contribution in [1.29, 1.82) is 0 Å². The van der Waals surface area contributed by atoms with Gasteiger partial charge in [0.05, 0.1) is 13.2 Å². The third-order valence-electron chi connectivity index (χ3n) is 5.69. The third-order valence-corrected chi connectivity index (χ3v) is 5.69. The Morgan fingerprint density at radius 3 is 2.23 bits per heavy atom. The largest absolute Gasteiger partial charge is 0.457 e. The van der Waals surface area contributed by atoms with Crippen LogP contribution >= 0.6 is 0 Å². The van der Waals surface area contributed by atoms with E-state index in [4.69, 9.17) is 9.47 Å². The Morgan fingerprint density at radius 2 is 1.60 bits per heavy atom. The lowest BCUT2D eigenvalue weighted by Crippen LogP contribution is -2.27. The van der Waals surface area contributed by atoms with Gasteiger partial charge in [-0.3, -0.25) is 0 Å². The predicted molar refractivity (Wildman–Crippen MR) is 121 cm³/mol. The minimum absolute atomic E-state index is 0.0300. The highest BCUT2D eigenvalue weighted by Gasteiger charge is 2.25. The van der Waals surface area contributed by atoms with Crippen molar-refractivity contribution in [3.8, 4) is 11.5 Å². The Balaban J connectivity index is 1.61. The summed E-state index contributed by atoms with van der Waals surface area (Å²) in [5.74, 6) is 1.58.